The zero-order chi connectivity index (χ0) is 21.3. The van der Waals surface area contributed by atoms with E-state index in [-0.39, 0.29) is 30.7 Å². The van der Waals surface area contributed by atoms with E-state index in [1.807, 2.05) is 30.0 Å². The van der Waals surface area contributed by atoms with Gasteiger partial charge in [0.05, 0.1) is 25.5 Å². The highest BCUT2D eigenvalue weighted by molar-refractivity contribution is 5.76. The van der Waals surface area contributed by atoms with Gasteiger partial charge in [0.25, 0.3) is 5.56 Å². The molecule has 1 amide bonds. The fraction of sp³-hybridized carbons (Fsp3) is 0.500. The van der Waals surface area contributed by atoms with Gasteiger partial charge in [0.15, 0.2) is 0 Å². The number of methoxy groups -OCH3 is 1. The van der Waals surface area contributed by atoms with Crippen LogP contribution in [0.15, 0.2) is 41.2 Å². The Balaban J connectivity index is 1.67. The number of hydrogen-bond acceptors (Lipinski definition) is 6. The minimum absolute atomic E-state index is 0.000897. The molecular weight excluding hydrogens is 384 g/mol. The van der Waals surface area contributed by atoms with Gasteiger partial charge < -0.3 is 19.7 Å². The van der Waals surface area contributed by atoms with Gasteiger partial charge in [-0.2, -0.15) is 0 Å². The molecule has 1 N–H and O–H groups in total. The van der Waals surface area contributed by atoms with Gasteiger partial charge in [-0.15, -0.1) is 0 Å². The van der Waals surface area contributed by atoms with E-state index in [1.165, 1.54) is 16.2 Å². The smallest absolute Gasteiger partial charge is 0.255 e. The number of amides is 1. The lowest BCUT2D eigenvalue weighted by atomic mass is 10.1. The predicted molar refractivity (Wildman–Crippen MR) is 115 cm³/mol. The minimum Gasteiger partial charge on any atom is -0.378 e. The summed E-state index contributed by atoms with van der Waals surface area (Å²) in [7, 11) is 1.56. The minimum atomic E-state index is -0.259. The molecule has 162 valence electrons. The number of ether oxygens (including phenoxy) is 2. The molecule has 8 heteroatoms. The van der Waals surface area contributed by atoms with E-state index in [2.05, 4.69) is 22.4 Å². The van der Waals surface area contributed by atoms with Crippen LogP contribution in [0.4, 0.5) is 5.95 Å². The van der Waals surface area contributed by atoms with Crippen molar-refractivity contribution in [3.63, 3.8) is 0 Å². The summed E-state index contributed by atoms with van der Waals surface area (Å²) in [4.78, 5) is 32.0. The van der Waals surface area contributed by atoms with E-state index in [0.717, 1.165) is 12.8 Å². The van der Waals surface area contributed by atoms with Crippen molar-refractivity contribution in [3.05, 3.63) is 58.0 Å². The maximum absolute atomic E-state index is 12.7. The summed E-state index contributed by atoms with van der Waals surface area (Å²) in [6, 6.07) is 11.6. The number of aryl methyl sites for hydroxylation is 1. The molecule has 0 unspecified atom stereocenters. The maximum Gasteiger partial charge on any atom is 0.255 e. The number of anilines is 1. The van der Waals surface area contributed by atoms with Crippen molar-refractivity contribution in [1.82, 2.24) is 14.9 Å². The molecule has 1 aliphatic rings. The zero-order valence-electron chi connectivity index (χ0n) is 17.7. The molecule has 30 heavy (non-hydrogen) atoms. The van der Waals surface area contributed by atoms with Gasteiger partial charge in [-0.3, -0.25) is 14.2 Å². The Bertz CT molecular complexity index is 878. The molecule has 1 atom stereocenters. The van der Waals surface area contributed by atoms with Crippen molar-refractivity contribution < 1.29 is 14.3 Å². The second-order valence-electron chi connectivity index (χ2n) is 7.50. The molecule has 1 saturated heterocycles. The van der Waals surface area contributed by atoms with Crippen LogP contribution in [0.25, 0.3) is 0 Å². The third-order valence-corrected chi connectivity index (χ3v) is 5.05. The molecule has 0 radical (unpaired) electrons. The number of benzene rings is 1. The molecule has 1 aromatic carbocycles. The lowest BCUT2D eigenvalue weighted by molar-refractivity contribution is -0.122. The van der Waals surface area contributed by atoms with E-state index >= 15 is 0 Å². The summed E-state index contributed by atoms with van der Waals surface area (Å²) in [5.41, 5.74) is 1.53. The highest BCUT2D eigenvalue weighted by Gasteiger charge is 2.20. The third-order valence-electron chi connectivity index (χ3n) is 5.05. The number of hydrogen-bond donors (Lipinski definition) is 1. The first-order chi connectivity index (χ1) is 14.6. The largest absolute Gasteiger partial charge is 0.378 e. The van der Waals surface area contributed by atoms with Crippen LogP contribution in [-0.2, 0) is 33.8 Å². The van der Waals surface area contributed by atoms with Crippen LogP contribution in [0.3, 0.4) is 0 Å². The number of nitrogens with zero attached hydrogens (tertiary/aromatic N) is 3. The Morgan fingerprint density at radius 3 is 2.70 bits per heavy atom. The SMILES string of the molecule is COCc1cc(=O)n(CC(=O)N[C@@H](C)CCc2ccccc2)c(N2CCOCC2)n1. The molecule has 0 saturated carbocycles. The fourth-order valence-electron chi connectivity index (χ4n) is 3.48. The van der Waals surface area contributed by atoms with E-state index in [1.54, 1.807) is 7.11 Å². The summed E-state index contributed by atoms with van der Waals surface area (Å²) >= 11 is 0. The highest BCUT2D eigenvalue weighted by Crippen LogP contribution is 2.13. The average molecular weight is 415 g/mol. The summed E-state index contributed by atoms with van der Waals surface area (Å²) in [5.74, 6) is 0.290. The maximum atomic E-state index is 12.7. The molecule has 1 aromatic heterocycles. The molecule has 2 heterocycles. The number of carbonyl (C=O) groups is 1. The number of morpholine rings is 1. The van der Waals surface area contributed by atoms with Crippen LogP contribution in [0.2, 0.25) is 0 Å². The molecule has 0 bridgehead atoms. The number of rotatable bonds is 9. The van der Waals surface area contributed by atoms with Gasteiger partial charge in [0, 0.05) is 32.3 Å². The van der Waals surface area contributed by atoms with Crippen molar-refractivity contribution in [2.75, 3.05) is 38.3 Å². The summed E-state index contributed by atoms with van der Waals surface area (Å²) in [6.07, 6.45) is 1.71. The van der Waals surface area contributed by atoms with E-state index in [0.29, 0.717) is 37.9 Å². The molecular formula is C22H30N4O4. The first-order valence-electron chi connectivity index (χ1n) is 10.3. The van der Waals surface area contributed by atoms with Crippen molar-refractivity contribution in [2.24, 2.45) is 0 Å². The lowest BCUT2D eigenvalue weighted by Gasteiger charge is -2.30. The number of carbonyl (C=O) groups excluding carboxylic acids is 1. The molecule has 2 aromatic rings. The van der Waals surface area contributed by atoms with Gasteiger partial charge >= 0.3 is 0 Å². The molecule has 8 nitrogen and oxygen atoms in total. The zero-order valence-corrected chi connectivity index (χ0v) is 17.7. The van der Waals surface area contributed by atoms with Gasteiger partial charge in [0.2, 0.25) is 11.9 Å². The molecule has 0 spiro atoms. The standard InChI is InChI=1S/C22H30N4O4/c1-17(8-9-18-6-4-3-5-7-18)23-20(27)15-26-21(28)14-19(16-29-2)24-22(26)25-10-12-30-13-11-25/h3-7,14,17H,8-13,15-16H2,1-2H3,(H,23,27)/t17-/m0/s1. The lowest BCUT2D eigenvalue weighted by Crippen LogP contribution is -2.43. The molecule has 1 aliphatic heterocycles. The second kappa shape index (κ2) is 10.9. The quantitative estimate of drug-likeness (QED) is 0.667. The topological polar surface area (TPSA) is 85.7 Å². The van der Waals surface area contributed by atoms with E-state index in [9.17, 15) is 9.59 Å². The van der Waals surface area contributed by atoms with Crippen molar-refractivity contribution in [3.8, 4) is 0 Å². The predicted octanol–water partition coefficient (Wildman–Crippen LogP) is 1.36. The van der Waals surface area contributed by atoms with Crippen molar-refractivity contribution in [1.29, 1.82) is 0 Å². The van der Waals surface area contributed by atoms with Crippen LogP contribution >= 0.6 is 0 Å². The first-order valence-corrected chi connectivity index (χ1v) is 10.3. The normalized spacial score (nSPS) is 15.1. The van der Waals surface area contributed by atoms with Crippen LogP contribution < -0.4 is 15.8 Å². The van der Waals surface area contributed by atoms with Gasteiger partial charge in [-0.05, 0) is 25.3 Å². The van der Waals surface area contributed by atoms with E-state index in [4.69, 9.17) is 9.47 Å². The van der Waals surface area contributed by atoms with Crippen LogP contribution in [-0.4, -0.2) is 54.9 Å². The van der Waals surface area contributed by atoms with Crippen LogP contribution in [0.1, 0.15) is 24.6 Å². The Morgan fingerprint density at radius 1 is 1.27 bits per heavy atom. The fourth-order valence-corrected chi connectivity index (χ4v) is 3.48. The Labute approximate surface area is 176 Å². The highest BCUT2D eigenvalue weighted by atomic mass is 16.5. The second-order valence-corrected chi connectivity index (χ2v) is 7.50. The third kappa shape index (κ3) is 6.14. The molecule has 0 aliphatic carbocycles. The Morgan fingerprint density at radius 2 is 2.00 bits per heavy atom. The summed E-state index contributed by atoms with van der Waals surface area (Å²) in [6.45, 7) is 4.53. The monoisotopic (exact) mass is 414 g/mol. The number of aromatic nitrogens is 2. The van der Waals surface area contributed by atoms with Crippen LogP contribution in [0.5, 0.6) is 0 Å². The summed E-state index contributed by atoms with van der Waals surface area (Å²) < 4.78 is 12.0. The van der Waals surface area contributed by atoms with Gasteiger partial charge in [-0.25, -0.2) is 4.98 Å². The van der Waals surface area contributed by atoms with Crippen molar-refractivity contribution >= 4 is 11.9 Å². The van der Waals surface area contributed by atoms with Gasteiger partial charge in [0.1, 0.15) is 6.54 Å². The van der Waals surface area contributed by atoms with Crippen LogP contribution in [0, 0.1) is 0 Å². The van der Waals surface area contributed by atoms with E-state index < -0.39 is 0 Å². The molecule has 1 fully saturated rings. The van der Waals surface area contributed by atoms with Gasteiger partial charge in [-0.1, -0.05) is 30.3 Å². The summed E-state index contributed by atoms with van der Waals surface area (Å²) in [5, 5.41) is 3.00. The Kier molecular flexibility index (Phi) is 7.98. The Hall–Kier alpha value is -2.71. The number of nitrogens with one attached hydrogen (secondary N) is 1. The molecule has 3 rings (SSSR count). The van der Waals surface area contributed by atoms with Crippen molar-refractivity contribution in [2.45, 2.75) is 39.0 Å². The average Bonchev–Trinajstić information content (AvgIpc) is 2.75. The first kappa shape index (κ1) is 22.0.